The quantitative estimate of drug-likeness (QED) is 0.206. The first-order valence-electron chi connectivity index (χ1n) is 11.7. The van der Waals surface area contributed by atoms with Gasteiger partial charge in [0.05, 0.1) is 26.5 Å². The molecule has 1 amide bonds. The molecule has 196 valence electrons. The van der Waals surface area contributed by atoms with E-state index in [9.17, 15) is 13.2 Å². The van der Waals surface area contributed by atoms with Gasteiger partial charge in [-0.2, -0.15) is 13.5 Å². The van der Waals surface area contributed by atoms with E-state index >= 15 is 0 Å². The first-order valence-corrected chi connectivity index (χ1v) is 13.1. The van der Waals surface area contributed by atoms with Crippen LogP contribution in [0.2, 0.25) is 0 Å². The van der Waals surface area contributed by atoms with E-state index in [1.54, 1.807) is 42.5 Å². The average molecular weight is 527 g/mol. The summed E-state index contributed by atoms with van der Waals surface area (Å²) >= 11 is 0. The van der Waals surface area contributed by atoms with Crippen LogP contribution < -0.4 is 23.8 Å². The molecule has 0 radical (unpaired) electrons. The van der Waals surface area contributed by atoms with Gasteiger partial charge < -0.3 is 18.4 Å². The molecule has 0 aromatic heterocycles. The molecule has 0 aliphatic rings. The number of methoxy groups -OCH3 is 1. The van der Waals surface area contributed by atoms with Gasteiger partial charge in [0.15, 0.2) is 23.0 Å². The zero-order valence-corrected chi connectivity index (χ0v) is 22.0. The van der Waals surface area contributed by atoms with Gasteiger partial charge >= 0.3 is 10.1 Å². The Bertz CT molecular complexity index is 1350. The van der Waals surface area contributed by atoms with Gasteiger partial charge in [-0.3, -0.25) is 4.79 Å². The predicted octanol–water partition coefficient (Wildman–Crippen LogP) is 4.72. The van der Waals surface area contributed by atoms with E-state index in [0.29, 0.717) is 35.8 Å². The third-order valence-electron chi connectivity index (χ3n) is 5.04. The van der Waals surface area contributed by atoms with Gasteiger partial charge in [0.2, 0.25) is 0 Å². The molecule has 0 heterocycles. The van der Waals surface area contributed by atoms with Crippen LogP contribution in [0.5, 0.6) is 23.0 Å². The summed E-state index contributed by atoms with van der Waals surface area (Å²) in [5.41, 5.74) is 4.30. The van der Waals surface area contributed by atoms with Crippen molar-refractivity contribution in [1.29, 1.82) is 0 Å². The van der Waals surface area contributed by atoms with Crippen LogP contribution in [0.1, 0.15) is 41.8 Å². The fraction of sp³-hybridized carbons (Fsp3) is 0.259. The lowest BCUT2D eigenvalue weighted by atomic mass is 10.2. The Labute approximate surface area is 217 Å². The van der Waals surface area contributed by atoms with Crippen molar-refractivity contribution in [3.8, 4) is 23.0 Å². The second-order valence-corrected chi connectivity index (χ2v) is 9.45. The average Bonchev–Trinajstić information content (AvgIpc) is 2.88. The first kappa shape index (κ1) is 27.5. The second-order valence-electron chi connectivity index (χ2n) is 7.90. The number of aryl methyl sites for hydroxylation is 1. The summed E-state index contributed by atoms with van der Waals surface area (Å²) in [6.07, 6.45) is 2.25. The number of ether oxygens (including phenoxy) is 3. The van der Waals surface area contributed by atoms with Crippen LogP contribution in [-0.4, -0.2) is 40.9 Å². The number of benzene rings is 3. The van der Waals surface area contributed by atoms with Crippen molar-refractivity contribution in [2.24, 2.45) is 5.10 Å². The van der Waals surface area contributed by atoms with Gasteiger partial charge in [-0.05, 0) is 74.4 Å². The largest absolute Gasteiger partial charge is 0.493 e. The highest BCUT2D eigenvalue weighted by molar-refractivity contribution is 7.87. The smallest absolute Gasteiger partial charge is 0.339 e. The Morgan fingerprint density at radius 3 is 2.32 bits per heavy atom. The summed E-state index contributed by atoms with van der Waals surface area (Å²) in [6, 6.07) is 15.8. The number of hydrogen-bond acceptors (Lipinski definition) is 8. The minimum Gasteiger partial charge on any atom is -0.493 e. The number of amides is 1. The summed E-state index contributed by atoms with van der Waals surface area (Å²) < 4.78 is 47.1. The highest BCUT2D eigenvalue weighted by Crippen LogP contribution is 2.31. The molecule has 0 spiro atoms. The Kier molecular flexibility index (Phi) is 9.51. The van der Waals surface area contributed by atoms with Crippen molar-refractivity contribution in [3.63, 3.8) is 0 Å². The van der Waals surface area contributed by atoms with Crippen molar-refractivity contribution in [2.75, 3.05) is 20.3 Å². The molecule has 37 heavy (non-hydrogen) atoms. The van der Waals surface area contributed by atoms with Crippen LogP contribution in [0.15, 0.2) is 70.7 Å². The molecule has 10 heteroatoms. The molecule has 9 nitrogen and oxygen atoms in total. The monoisotopic (exact) mass is 526 g/mol. The maximum Gasteiger partial charge on any atom is 0.339 e. The zero-order valence-electron chi connectivity index (χ0n) is 21.2. The minimum absolute atomic E-state index is 0.0260. The molecule has 3 rings (SSSR count). The van der Waals surface area contributed by atoms with E-state index in [1.165, 1.54) is 31.5 Å². The van der Waals surface area contributed by atoms with Crippen LogP contribution >= 0.6 is 0 Å². The van der Waals surface area contributed by atoms with Crippen LogP contribution in [-0.2, 0) is 10.1 Å². The van der Waals surface area contributed by atoms with Crippen molar-refractivity contribution in [3.05, 3.63) is 77.4 Å². The molecule has 1 N–H and O–H groups in total. The van der Waals surface area contributed by atoms with Crippen LogP contribution in [0.25, 0.3) is 0 Å². The van der Waals surface area contributed by atoms with Gasteiger partial charge in [0.25, 0.3) is 5.91 Å². The number of carbonyl (C=O) groups excluding carboxylic acids is 1. The molecule has 0 aliphatic heterocycles. The third-order valence-corrected chi connectivity index (χ3v) is 6.29. The Morgan fingerprint density at radius 2 is 1.65 bits per heavy atom. The first-order chi connectivity index (χ1) is 17.8. The molecular weight excluding hydrogens is 496 g/mol. The lowest BCUT2D eigenvalue weighted by Gasteiger charge is -2.12. The van der Waals surface area contributed by atoms with Gasteiger partial charge in [-0.25, -0.2) is 5.43 Å². The third kappa shape index (κ3) is 7.47. The SMILES string of the molecule is CCCOc1ccc(C(=O)N/N=C/c2ccc(OS(=O)(=O)c3ccc(C)cc3)c(OC)c2)cc1OCC. The molecular formula is C27H30N2O7S. The van der Waals surface area contributed by atoms with Crippen LogP contribution in [0.4, 0.5) is 0 Å². The summed E-state index contributed by atoms with van der Waals surface area (Å²) in [6.45, 7) is 6.69. The van der Waals surface area contributed by atoms with Crippen molar-refractivity contribution in [2.45, 2.75) is 32.1 Å². The fourth-order valence-corrected chi connectivity index (χ4v) is 4.12. The normalized spacial score (nSPS) is 11.2. The van der Waals surface area contributed by atoms with Crippen molar-refractivity contribution < 1.29 is 31.6 Å². The summed E-state index contributed by atoms with van der Waals surface area (Å²) in [4.78, 5) is 12.6. The van der Waals surface area contributed by atoms with Crippen molar-refractivity contribution in [1.82, 2.24) is 5.43 Å². The van der Waals surface area contributed by atoms with E-state index in [1.807, 2.05) is 20.8 Å². The lowest BCUT2D eigenvalue weighted by Crippen LogP contribution is -2.17. The number of nitrogens with one attached hydrogen (secondary N) is 1. The maximum absolute atomic E-state index is 12.6. The molecule has 0 unspecified atom stereocenters. The molecule has 3 aromatic carbocycles. The molecule has 3 aromatic rings. The van der Waals surface area contributed by atoms with Gasteiger partial charge in [-0.15, -0.1) is 0 Å². The Balaban J connectivity index is 1.70. The van der Waals surface area contributed by atoms with Gasteiger partial charge in [-0.1, -0.05) is 24.6 Å². The van der Waals surface area contributed by atoms with E-state index in [2.05, 4.69) is 10.5 Å². The van der Waals surface area contributed by atoms with E-state index in [4.69, 9.17) is 18.4 Å². The summed E-state index contributed by atoms with van der Waals surface area (Å²) in [5, 5.41) is 3.99. The van der Waals surface area contributed by atoms with Crippen LogP contribution in [0.3, 0.4) is 0 Å². The molecule has 0 aliphatic carbocycles. The number of hydrazone groups is 1. The highest BCUT2D eigenvalue weighted by atomic mass is 32.2. The highest BCUT2D eigenvalue weighted by Gasteiger charge is 2.19. The Morgan fingerprint density at radius 1 is 0.919 bits per heavy atom. The fourth-order valence-electron chi connectivity index (χ4n) is 3.18. The molecule has 0 saturated carbocycles. The number of rotatable bonds is 12. The Hall–Kier alpha value is -4.05. The van der Waals surface area contributed by atoms with E-state index < -0.39 is 16.0 Å². The summed E-state index contributed by atoms with van der Waals surface area (Å²) in [5.74, 6) is 0.833. The van der Waals surface area contributed by atoms with E-state index in [0.717, 1.165) is 12.0 Å². The molecule has 0 bridgehead atoms. The summed E-state index contributed by atoms with van der Waals surface area (Å²) in [7, 11) is -2.64. The second kappa shape index (κ2) is 12.8. The van der Waals surface area contributed by atoms with Crippen LogP contribution in [0, 0.1) is 6.92 Å². The molecule has 0 fully saturated rings. The molecule has 0 atom stereocenters. The molecule has 0 saturated heterocycles. The standard InChI is InChI=1S/C27H30N2O7S/c1-5-15-35-23-14-10-21(17-26(23)34-6-2)27(30)29-28-18-20-9-13-24(25(16-20)33-4)36-37(31,32)22-11-7-19(3)8-12-22/h7-14,16-18H,5-6,15H2,1-4H3,(H,29,30)/b28-18+. The van der Waals surface area contributed by atoms with Gasteiger partial charge in [0.1, 0.15) is 4.90 Å². The van der Waals surface area contributed by atoms with E-state index in [-0.39, 0.29) is 16.4 Å². The number of carbonyl (C=O) groups is 1. The topological polar surface area (TPSA) is 113 Å². The van der Waals surface area contributed by atoms with Gasteiger partial charge in [0, 0.05) is 5.56 Å². The predicted molar refractivity (Wildman–Crippen MR) is 140 cm³/mol. The maximum atomic E-state index is 12.6. The minimum atomic E-state index is -4.04. The zero-order chi connectivity index (χ0) is 26.8. The van der Waals surface area contributed by atoms with Crippen molar-refractivity contribution >= 4 is 22.2 Å². The lowest BCUT2D eigenvalue weighted by molar-refractivity contribution is 0.0954. The number of hydrogen-bond donors (Lipinski definition) is 1. The number of nitrogens with zero attached hydrogens (tertiary/aromatic N) is 1.